The Morgan fingerprint density at radius 3 is 2.63 bits per heavy atom. The smallest absolute Gasteiger partial charge is 0.330 e. The van der Waals surface area contributed by atoms with Crippen molar-refractivity contribution in [3.63, 3.8) is 0 Å². The van der Waals surface area contributed by atoms with Gasteiger partial charge in [0.05, 0.1) is 7.11 Å². The second kappa shape index (κ2) is 5.52. The van der Waals surface area contributed by atoms with Gasteiger partial charge >= 0.3 is 5.97 Å². The predicted octanol–water partition coefficient (Wildman–Crippen LogP) is 3.23. The molecule has 0 atom stereocenters. The van der Waals surface area contributed by atoms with Gasteiger partial charge in [0.2, 0.25) is 5.89 Å². The number of hydrogen-bond donors (Lipinski definition) is 0. The van der Waals surface area contributed by atoms with E-state index >= 15 is 0 Å². The maximum atomic E-state index is 11.2. The maximum absolute atomic E-state index is 11.2. The highest BCUT2D eigenvalue weighted by molar-refractivity contribution is 5.90. The van der Waals surface area contributed by atoms with Gasteiger partial charge in [-0.3, -0.25) is 0 Å². The van der Waals surface area contributed by atoms with E-state index in [0.29, 0.717) is 17.3 Å². The summed E-state index contributed by atoms with van der Waals surface area (Å²) in [6, 6.07) is 9.63. The average Bonchev–Trinajstić information content (AvgIpc) is 2.81. The highest BCUT2D eigenvalue weighted by Gasteiger charge is 2.13. The third-order valence-electron chi connectivity index (χ3n) is 2.73. The first-order valence-corrected chi connectivity index (χ1v) is 5.91. The molecule has 4 nitrogen and oxygen atoms in total. The monoisotopic (exact) mass is 257 g/mol. The van der Waals surface area contributed by atoms with E-state index in [2.05, 4.69) is 9.72 Å². The highest BCUT2D eigenvalue weighted by Crippen LogP contribution is 2.25. The molecule has 0 aliphatic heterocycles. The number of esters is 1. The van der Waals surface area contributed by atoms with E-state index in [-0.39, 0.29) is 0 Å². The summed E-state index contributed by atoms with van der Waals surface area (Å²) < 4.78 is 10.2. The minimum absolute atomic E-state index is 0.402. The van der Waals surface area contributed by atoms with Gasteiger partial charge in [0.15, 0.2) is 0 Å². The van der Waals surface area contributed by atoms with Gasteiger partial charge in [0.1, 0.15) is 11.5 Å². The van der Waals surface area contributed by atoms with E-state index in [0.717, 1.165) is 11.1 Å². The van der Waals surface area contributed by atoms with Gasteiger partial charge in [0, 0.05) is 11.6 Å². The standard InChI is InChI=1S/C15H15NO3/c1-10(9-13(17)18-3)14-11(2)19-15(16-14)12-7-5-4-6-8-12/h4-9H,1-3H3/b10-9+. The predicted molar refractivity (Wildman–Crippen MR) is 72.3 cm³/mol. The van der Waals surface area contributed by atoms with Gasteiger partial charge in [-0.25, -0.2) is 9.78 Å². The Bertz CT molecular complexity index is 612. The Morgan fingerprint density at radius 2 is 2.00 bits per heavy atom. The summed E-state index contributed by atoms with van der Waals surface area (Å²) in [5, 5.41) is 0. The van der Waals surface area contributed by atoms with E-state index in [1.165, 1.54) is 13.2 Å². The molecule has 2 rings (SSSR count). The first-order chi connectivity index (χ1) is 9.11. The molecule has 0 N–H and O–H groups in total. The van der Waals surface area contributed by atoms with Crippen molar-refractivity contribution >= 4 is 11.5 Å². The van der Waals surface area contributed by atoms with Crippen LogP contribution in [0.2, 0.25) is 0 Å². The summed E-state index contributed by atoms with van der Waals surface area (Å²) in [7, 11) is 1.34. The number of ether oxygens (including phenoxy) is 1. The first kappa shape index (κ1) is 13.1. The molecule has 0 amide bonds. The SMILES string of the molecule is COC(=O)/C=C(\C)c1nc(-c2ccccc2)oc1C. The average molecular weight is 257 g/mol. The lowest BCUT2D eigenvalue weighted by Gasteiger charge is -1.96. The third-order valence-corrected chi connectivity index (χ3v) is 2.73. The van der Waals surface area contributed by atoms with Crippen molar-refractivity contribution in [3.8, 4) is 11.5 Å². The molecule has 1 aromatic heterocycles. The van der Waals surface area contributed by atoms with Gasteiger partial charge in [-0.15, -0.1) is 0 Å². The Balaban J connectivity index is 2.37. The van der Waals surface area contributed by atoms with Crippen LogP contribution in [0, 0.1) is 6.92 Å². The number of carbonyl (C=O) groups is 1. The van der Waals surface area contributed by atoms with Crippen LogP contribution in [0.5, 0.6) is 0 Å². The van der Waals surface area contributed by atoms with E-state index in [9.17, 15) is 4.79 Å². The Hall–Kier alpha value is -2.36. The number of carbonyl (C=O) groups excluding carboxylic acids is 1. The van der Waals surface area contributed by atoms with E-state index in [4.69, 9.17) is 4.42 Å². The molecule has 0 unspecified atom stereocenters. The number of methoxy groups -OCH3 is 1. The normalized spacial score (nSPS) is 11.4. The number of benzene rings is 1. The summed E-state index contributed by atoms with van der Waals surface area (Å²) in [5.41, 5.74) is 2.29. The van der Waals surface area contributed by atoms with E-state index in [1.54, 1.807) is 6.92 Å². The number of oxazole rings is 1. The van der Waals surface area contributed by atoms with Crippen LogP contribution in [0.4, 0.5) is 0 Å². The third kappa shape index (κ3) is 2.91. The first-order valence-electron chi connectivity index (χ1n) is 5.91. The molecule has 4 heteroatoms. The maximum Gasteiger partial charge on any atom is 0.330 e. The van der Waals surface area contributed by atoms with E-state index < -0.39 is 5.97 Å². The molecule has 0 saturated heterocycles. The van der Waals surface area contributed by atoms with Crippen LogP contribution in [0.15, 0.2) is 40.8 Å². The Morgan fingerprint density at radius 1 is 1.32 bits per heavy atom. The fourth-order valence-electron chi connectivity index (χ4n) is 1.77. The summed E-state index contributed by atoms with van der Waals surface area (Å²) in [6.07, 6.45) is 1.40. The molecule has 0 fully saturated rings. The van der Waals surface area contributed by atoms with Crippen molar-refractivity contribution in [2.45, 2.75) is 13.8 Å². The molecular formula is C15H15NO3. The van der Waals surface area contributed by atoms with Crippen molar-refractivity contribution < 1.29 is 13.9 Å². The molecule has 1 heterocycles. The topological polar surface area (TPSA) is 52.3 Å². The van der Waals surface area contributed by atoms with Gasteiger partial charge < -0.3 is 9.15 Å². The van der Waals surface area contributed by atoms with Crippen molar-refractivity contribution in [2.75, 3.05) is 7.11 Å². The number of allylic oxidation sites excluding steroid dienone is 1. The fraction of sp³-hybridized carbons (Fsp3) is 0.200. The molecule has 2 aromatic rings. The van der Waals surface area contributed by atoms with Crippen molar-refractivity contribution in [1.29, 1.82) is 0 Å². The molecule has 0 radical (unpaired) electrons. The lowest BCUT2D eigenvalue weighted by molar-refractivity contribution is -0.134. The van der Waals surface area contributed by atoms with Gasteiger partial charge in [0.25, 0.3) is 0 Å². The molecule has 19 heavy (non-hydrogen) atoms. The highest BCUT2D eigenvalue weighted by atomic mass is 16.5. The molecule has 0 saturated carbocycles. The zero-order chi connectivity index (χ0) is 13.8. The van der Waals surface area contributed by atoms with Gasteiger partial charge in [-0.05, 0) is 31.6 Å². The van der Waals surface area contributed by atoms with Crippen molar-refractivity contribution in [2.24, 2.45) is 0 Å². The molecule has 1 aromatic carbocycles. The Kier molecular flexibility index (Phi) is 3.80. The Labute approximate surface area is 111 Å². The zero-order valence-corrected chi connectivity index (χ0v) is 11.1. The van der Waals surface area contributed by atoms with Gasteiger partial charge in [-0.2, -0.15) is 0 Å². The molecule has 0 spiro atoms. The number of rotatable bonds is 3. The molecule has 0 aliphatic carbocycles. The second-order valence-electron chi connectivity index (χ2n) is 4.14. The quantitative estimate of drug-likeness (QED) is 0.625. The van der Waals surface area contributed by atoms with Crippen LogP contribution >= 0.6 is 0 Å². The minimum Gasteiger partial charge on any atom is -0.466 e. The number of nitrogens with zero attached hydrogens (tertiary/aromatic N) is 1. The summed E-state index contributed by atoms with van der Waals surface area (Å²) >= 11 is 0. The zero-order valence-electron chi connectivity index (χ0n) is 11.1. The van der Waals surface area contributed by atoms with Crippen molar-refractivity contribution in [1.82, 2.24) is 4.98 Å². The summed E-state index contributed by atoms with van der Waals surface area (Å²) in [5.74, 6) is 0.823. The molecule has 0 bridgehead atoms. The van der Waals surface area contributed by atoms with Crippen LogP contribution in [-0.4, -0.2) is 18.1 Å². The van der Waals surface area contributed by atoms with Crippen LogP contribution in [0.1, 0.15) is 18.4 Å². The van der Waals surface area contributed by atoms with Crippen LogP contribution < -0.4 is 0 Å². The number of aromatic nitrogens is 1. The molecule has 98 valence electrons. The minimum atomic E-state index is -0.402. The largest absolute Gasteiger partial charge is 0.466 e. The van der Waals surface area contributed by atoms with Gasteiger partial charge in [-0.1, -0.05) is 18.2 Å². The molecular weight excluding hydrogens is 242 g/mol. The summed E-state index contributed by atoms with van der Waals surface area (Å²) in [6.45, 7) is 3.62. The lowest BCUT2D eigenvalue weighted by atomic mass is 10.2. The summed E-state index contributed by atoms with van der Waals surface area (Å²) in [4.78, 5) is 15.7. The van der Waals surface area contributed by atoms with Crippen molar-refractivity contribution in [3.05, 3.63) is 47.9 Å². The van der Waals surface area contributed by atoms with Crippen LogP contribution in [0.25, 0.3) is 17.0 Å². The lowest BCUT2D eigenvalue weighted by Crippen LogP contribution is -1.96. The second-order valence-corrected chi connectivity index (χ2v) is 4.14. The number of aryl methyl sites for hydroxylation is 1. The van der Waals surface area contributed by atoms with Crippen LogP contribution in [-0.2, 0) is 9.53 Å². The fourth-order valence-corrected chi connectivity index (χ4v) is 1.77. The number of hydrogen-bond acceptors (Lipinski definition) is 4. The molecule has 0 aliphatic rings. The van der Waals surface area contributed by atoms with Crippen LogP contribution in [0.3, 0.4) is 0 Å². The van der Waals surface area contributed by atoms with E-state index in [1.807, 2.05) is 37.3 Å².